The molecule has 1 fully saturated rings. The van der Waals surface area contributed by atoms with E-state index in [0.717, 1.165) is 55.5 Å². The van der Waals surface area contributed by atoms with Crippen molar-refractivity contribution in [2.24, 2.45) is 5.92 Å². The van der Waals surface area contributed by atoms with E-state index in [4.69, 9.17) is 0 Å². The number of hydrogen-bond donors (Lipinski definition) is 0. The molecular formula is C21H25N7O. The molecule has 0 radical (unpaired) electrons. The Hall–Kier alpha value is -2.87. The first-order valence-electron chi connectivity index (χ1n) is 10.4. The zero-order valence-corrected chi connectivity index (χ0v) is 16.4. The summed E-state index contributed by atoms with van der Waals surface area (Å²) in [5.41, 5.74) is 1.72. The number of fused-ring (bicyclic) bond motifs is 1. The molecule has 29 heavy (non-hydrogen) atoms. The Morgan fingerprint density at radius 1 is 1.00 bits per heavy atom. The summed E-state index contributed by atoms with van der Waals surface area (Å²) in [7, 11) is 0. The molecule has 3 aromatic rings. The SMILES string of the molecule is O=c1ccc(-c2ccncc2)nn1CC1CN(Cc2nnc3n2CCCCC3)C1. The standard InChI is InChI=1S/C21H25N7O/c29-21-6-5-18(17-7-9-22-10-8-17)25-28(21)14-16-12-26(13-16)15-20-24-23-19-4-2-1-3-11-27(19)20/h5-10,16H,1-4,11-15H2. The summed E-state index contributed by atoms with van der Waals surface area (Å²) in [5, 5.41) is 13.4. The number of pyridine rings is 1. The average molecular weight is 391 g/mol. The van der Waals surface area contributed by atoms with Gasteiger partial charge >= 0.3 is 0 Å². The van der Waals surface area contributed by atoms with Crippen LogP contribution in [0.1, 0.15) is 30.9 Å². The monoisotopic (exact) mass is 391 g/mol. The Morgan fingerprint density at radius 3 is 2.72 bits per heavy atom. The summed E-state index contributed by atoms with van der Waals surface area (Å²) in [6.07, 6.45) is 8.21. The van der Waals surface area contributed by atoms with E-state index in [2.05, 4.69) is 29.7 Å². The van der Waals surface area contributed by atoms with Gasteiger partial charge in [0.1, 0.15) is 11.6 Å². The second-order valence-corrected chi connectivity index (χ2v) is 8.03. The van der Waals surface area contributed by atoms with E-state index in [0.29, 0.717) is 12.5 Å². The van der Waals surface area contributed by atoms with Gasteiger partial charge in [0.05, 0.1) is 18.8 Å². The molecule has 8 nitrogen and oxygen atoms in total. The van der Waals surface area contributed by atoms with E-state index in [9.17, 15) is 4.79 Å². The van der Waals surface area contributed by atoms with Gasteiger partial charge in [0, 0.05) is 56.0 Å². The molecule has 8 heteroatoms. The van der Waals surface area contributed by atoms with Gasteiger partial charge in [-0.1, -0.05) is 6.42 Å². The molecule has 3 aromatic heterocycles. The molecule has 0 saturated carbocycles. The molecule has 2 aliphatic rings. The van der Waals surface area contributed by atoms with Crippen molar-refractivity contribution in [3.8, 4) is 11.3 Å². The summed E-state index contributed by atoms with van der Waals surface area (Å²) in [6, 6.07) is 7.19. The Labute approximate surface area is 169 Å². The van der Waals surface area contributed by atoms with Gasteiger partial charge in [0.15, 0.2) is 0 Å². The van der Waals surface area contributed by atoms with Gasteiger partial charge in [-0.25, -0.2) is 4.68 Å². The van der Waals surface area contributed by atoms with Gasteiger partial charge in [0.25, 0.3) is 5.56 Å². The van der Waals surface area contributed by atoms with Crippen molar-refractivity contribution in [1.29, 1.82) is 0 Å². The molecule has 0 bridgehead atoms. The van der Waals surface area contributed by atoms with Gasteiger partial charge in [-0.15, -0.1) is 10.2 Å². The van der Waals surface area contributed by atoms with Gasteiger partial charge in [0.2, 0.25) is 0 Å². The molecule has 5 heterocycles. The second kappa shape index (κ2) is 7.87. The van der Waals surface area contributed by atoms with Crippen LogP contribution in [0.2, 0.25) is 0 Å². The quantitative estimate of drug-likeness (QED) is 0.659. The Balaban J connectivity index is 1.21. The fraction of sp³-hybridized carbons (Fsp3) is 0.476. The van der Waals surface area contributed by atoms with Gasteiger partial charge < -0.3 is 4.57 Å². The van der Waals surface area contributed by atoms with Crippen molar-refractivity contribution in [2.75, 3.05) is 13.1 Å². The first kappa shape index (κ1) is 18.2. The third-order valence-corrected chi connectivity index (χ3v) is 5.86. The van der Waals surface area contributed by atoms with Crippen molar-refractivity contribution in [3.63, 3.8) is 0 Å². The Kier molecular flexibility index (Phi) is 4.93. The minimum atomic E-state index is -0.0518. The van der Waals surface area contributed by atoms with Crippen molar-refractivity contribution in [3.05, 3.63) is 58.7 Å². The molecule has 0 aromatic carbocycles. The lowest BCUT2D eigenvalue weighted by molar-refractivity contribution is 0.0728. The lowest BCUT2D eigenvalue weighted by Crippen LogP contribution is -2.49. The summed E-state index contributed by atoms with van der Waals surface area (Å²) in [6.45, 7) is 4.43. The molecule has 0 spiro atoms. The minimum absolute atomic E-state index is 0.0518. The van der Waals surface area contributed by atoms with E-state index in [1.54, 1.807) is 29.2 Å². The number of likely N-dealkylation sites (tertiary alicyclic amines) is 1. The minimum Gasteiger partial charge on any atom is -0.314 e. The highest BCUT2D eigenvalue weighted by molar-refractivity contribution is 5.56. The molecule has 0 atom stereocenters. The Morgan fingerprint density at radius 2 is 1.86 bits per heavy atom. The largest absolute Gasteiger partial charge is 0.314 e. The topological polar surface area (TPSA) is 81.7 Å². The van der Waals surface area contributed by atoms with E-state index < -0.39 is 0 Å². The molecule has 150 valence electrons. The highest BCUT2D eigenvalue weighted by Crippen LogP contribution is 2.22. The molecule has 1 saturated heterocycles. The van der Waals surface area contributed by atoms with E-state index >= 15 is 0 Å². The van der Waals surface area contributed by atoms with Crippen LogP contribution in [0.4, 0.5) is 0 Å². The summed E-state index contributed by atoms with van der Waals surface area (Å²) < 4.78 is 3.91. The third kappa shape index (κ3) is 3.85. The van der Waals surface area contributed by atoms with Crippen LogP contribution < -0.4 is 5.56 Å². The maximum absolute atomic E-state index is 12.3. The number of aryl methyl sites for hydroxylation is 1. The number of rotatable bonds is 5. The van der Waals surface area contributed by atoms with Crippen LogP contribution in [-0.4, -0.2) is 47.5 Å². The van der Waals surface area contributed by atoms with Crippen molar-refractivity contribution in [2.45, 2.75) is 45.3 Å². The number of hydrogen-bond acceptors (Lipinski definition) is 6. The number of nitrogens with zero attached hydrogens (tertiary/aromatic N) is 7. The predicted octanol–water partition coefficient (Wildman–Crippen LogP) is 1.76. The predicted molar refractivity (Wildman–Crippen MR) is 108 cm³/mol. The highest BCUT2D eigenvalue weighted by Gasteiger charge is 2.29. The second-order valence-electron chi connectivity index (χ2n) is 8.03. The van der Waals surface area contributed by atoms with E-state index in [1.807, 2.05) is 12.1 Å². The molecule has 2 aliphatic heterocycles. The summed E-state index contributed by atoms with van der Waals surface area (Å²) in [5.74, 6) is 2.65. The van der Waals surface area contributed by atoms with Crippen LogP contribution in [0.25, 0.3) is 11.3 Å². The zero-order chi connectivity index (χ0) is 19.6. The first-order valence-corrected chi connectivity index (χ1v) is 10.4. The van der Waals surface area contributed by atoms with Crippen LogP contribution in [0.15, 0.2) is 41.5 Å². The van der Waals surface area contributed by atoms with Crippen LogP contribution in [-0.2, 0) is 26.1 Å². The molecule has 0 aliphatic carbocycles. The average Bonchev–Trinajstić information content (AvgIpc) is 2.94. The van der Waals surface area contributed by atoms with Gasteiger partial charge in [-0.2, -0.15) is 5.10 Å². The van der Waals surface area contributed by atoms with Gasteiger partial charge in [-0.05, 0) is 31.0 Å². The van der Waals surface area contributed by atoms with E-state index in [-0.39, 0.29) is 5.56 Å². The van der Waals surface area contributed by atoms with Crippen LogP contribution in [0.3, 0.4) is 0 Å². The van der Waals surface area contributed by atoms with Crippen LogP contribution >= 0.6 is 0 Å². The van der Waals surface area contributed by atoms with Crippen LogP contribution in [0.5, 0.6) is 0 Å². The third-order valence-electron chi connectivity index (χ3n) is 5.86. The van der Waals surface area contributed by atoms with Crippen molar-refractivity contribution in [1.82, 2.24) is 34.4 Å². The fourth-order valence-corrected chi connectivity index (χ4v) is 4.28. The maximum Gasteiger partial charge on any atom is 0.266 e. The molecule has 0 unspecified atom stereocenters. The summed E-state index contributed by atoms with van der Waals surface area (Å²) in [4.78, 5) is 18.7. The van der Waals surface area contributed by atoms with Crippen molar-refractivity contribution < 1.29 is 0 Å². The lowest BCUT2D eigenvalue weighted by Gasteiger charge is -2.38. The van der Waals surface area contributed by atoms with Crippen LogP contribution in [0, 0.1) is 5.92 Å². The molecule has 0 N–H and O–H groups in total. The van der Waals surface area contributed by atoms with E-state index in [1.165, 1.54) is 19.3 Å². The molecule has 0 amide bonds. The smallest absolute Gasteiger partial charge is 0.266 e. The zero-order valence-electron chi connectivity index (χ0n) is 16.4. The summed E-state index contributed by atoms with van der Waals surface area (Å²) >= 11 is 0. The fourth-order valence-electron chi connectivity index (χ4n) is 4.28. The maximum atomic E-state index is 12.3. The first-order chi connectivity index (χ1) is 14.3. The number of aromatic nitrogens is 6. The highest BCUT2D eigenvalue weighted by atomic mass is 16.1. The molecule has 5 rings (SSSR count). The Bertz CT molecular complexity index is 1040. The normalized spacial score (nSPS) is 17.5. The van der Waals surface area contributed by atoms with Crippen molar-refractivity contribution >= 4 is 0 Å². The van der Waals surface area contributed by atoms with Gasteiger partial charge in [-0.3, -0.25) is 14.7 Å². The lowest BCUT2D eigenvalue weighted by atomic mass is 10.0. The molecular weight excluding hydrogens is 366 g/mol.